The van der Waals surface area contributed by atoms with E-state index >= 15 is 0 Å². The molecular formula is C15H26NO7P. The van der Waals surface area contributed by atoms with Crippen LogP contribution in [0.15, 0.2) is 4.99 Å². The smallest absolute Gasteiger partial charge is 0.358 e. The van der Waals surface area contributed by atoms with Crippen LogP contribution >= 0.6 is 7.60 Å². The number of hydrogen-bond donors (Lipinski definition) is 1. The van der Waals surface area contributed by atoms with Crippen LogP contribution in [0.25, 0.3) is 0 Å². The molecule has 0 amide bonds. The van der Waals surface area contributed by atoms with Gasteiger partial charge in [0.15, 0.2) is 17.0 Å². The summed E-state index contributed by atoms with van der Waals surface area (Å²) in [7, 11) is 0.0824. The molecule has 24 heavy (non-hydrogen) atoms. The molecule has 1 N–H and O–H groups in total. The lowest BCUT2D eigenvalue weighted by Gasteiger charge is -2.44. The average molecular weight is 363 g/mol. The van der Waals surface area contributed by atoms with E-state index in [1.165, 1.54) is 21.3 Å². The van der Waals surface area contributed by atoms with Gasteiger partial charge in [0.25, 0.3) is 0 Å². The van der Waals surface area contributed by atoms with Crippen LogP contribution in [-0.2, 0) is 27.9 Å². The number of aliphatic imine (C=N–C) groups is 1. The fraction of sp³-hybridized carbons (Fsp3) is 0.867. The number of methoxy groups -OCH3 is 1. The fourth-order valence-corrected chi connectivity index (χ4v) is 4.24. The Bertz CT molecular complexity index is 605. The minimum atomic E-state index is -3.74. The Hall–Kier alpha value is -0.950. The first-order valence-corrected chi connectivity index (χ1v) is 9.30. The molecule has 2 rings (SSSR count). The van der Waals surface area contributed by atoms with Gasteiger partial charge in [0, 0.05) is 25.6 Å². The normalized spacial score (nSPS) is 34.6. The van der Waals surface area contributed by atoms with Crippen molar-refractivity contribution >= 4 is 19.5 Å². The minimum absolute atomic E-state index is 0.191. The summed E-state index contributed by atoms with van der Waals surface area (Å²) in [6, 6.07) is 0. The van der Waals surface area contributed by atoms with E-state index in [-0.39, 0.29) is 12.3 Å². The van der Waals surface area contributed by atoms with Crippen molar-refractivity contribution in [2.75, 3.05) is 21.3 Å². The Balaban J connectivity index is 2.40. The quantitative estimate of drug-likeness (QED) is 0.601. The summed E-state index contributed by atoms with van der Waals surface area (Å²) in [5.41, 5.74) is -2.78. The highest BCUT2D eigenvalue weighted by atomic mass is 31.2. The molecule has 2 aliphatic rings. The van der Waals surface area contributed by atoms with Gasteiger partial charge in [-0.3, -0.25) is 4.57 Å². The third-order valence-electron chi connectivity index (χ3n) is 5.16. The van der Waals surface area contributed by atoms with Crippen molar-refractivity contribution in [2.45, 2.75) is 51.1 Å². The Morgan fingerprint density at radius 1 is 1.33 bits per heavy atom. The molecule has 0 bridgehead atoms. The van der Waals surface area contributed by atoms with Gasteiger partial charge in [-0.05, 0) is 13.3 Å². The number of carbonyl (C=O) groups excluding carboxylic acids is 1. The Kier molecular flexibility index (Phi) is 4.68. The van der Waals surface area contributed by atoms with Gasteiger partial charge in [-0.25, -0.2) is 9.79 Å². The molecule has 1 aliphatic heterocycles. The van der Waals surface area contributed by atoms with Crippen LogP contribution in [0.4, 0.5) is 0 Å². The molecule has 8 nitrogen and oxygen atoms in total. The highest BCUT2D eigenvalue weighted by Crippen LogP contribution is 2.64. The number of aliphatic hydroxyl groups is 1. The monoisotopic (exact) mass is 363 g/mol. The van der Waals surface area contributed by atoms with Gasteiger partial charge < -0.3 is 23.6 Å². The largest absolute Gasteiger partial charge is 0.481 e. The predicted octanol–water partition coefficient (Wildman–Crippen LogP) is 1.96. The first kappa shape index (κ1) is 19.4. The average Bonchev–Trinajstić information content (AvgIpc) is 3.24. The summed E-state index contributed by atoms with van der Waals surface area (Å²) in [6.07, 6.45) is 0.191. The zero-order valence-corrected chi connectivity index (χ0v) is 16.0. The number of rotatable bonds is 4. The first-order chi connectivity index (χ1) is 10.9. The van der Waals surface area contributed by atoms with Gasteiger partial charge in [-0.15, -0.1) is 0 Å². The summed E-state index contributed by atoms with van der Waals surface area (Å²) < 4.78 is 33.1. The van der Waals surface area contributed by atoms with E-state index in [1.807, 2.05) is 20.8 Å². The maximum atomic E-state index is 12.7. The van der Waals surface area contributed by atoms with Crippen LogP contribution in [0, 0.1) is 11.3 Å². The summed E-state index contributed by atoms with van der Waals surface area (Å²) in [5.74, 6) is -2.48. The van der Waals surface area contributed by atoms with Crippen molar-refractivity contribution in [3.63, 3.8) is 0 Å². The molecule has 4 atom stereocenters. The Morgan fingerprint density at radius 2 is 1.88 bits per heavy atom. The number of nitrogens with zero attached hydrogens (tertiary/aromatic N) is 1. The van der Waals surface area contributed by atoms with Gasteiger partial charge in [0.2, 0.25) is 5.90 Å². The zero-order chi connectivity index (χ0) is 18.6. The predicted molar refractivity (Wildman–Crippen MR) is 86.9 cm³/mol. The van der Waals surface area contributed by atoms with E-state index in [9.17, 15) is 14.5 Å². The molecule has 1 fully saturated rings. The second kappa shape index (κ2) is 5.80. The number of aliphatic hydroxyl groups excluding tert-OH is 1. The number of hydrogen-bond acceptors (Lipinski definition) is 8. The lowest BCUT2D eigenvalue weighted by Crippen LogP contribution is -2.57. The van der Waals surface area contributed by atoms with Crippen molar-refractivity contribution in [1.29, 1.82) is 0 Å². The van der Waals surface area contributed by atoms with E-state index in [4.69, 9.17) is 18.5 Å². The topological polar surface area (TPSA) is 104 Å². The molecule has 0 radical (unpaired) electrons. The minimum Gasteiger partial charge on any atom is -0.481 e. The third-order valence-corrected chi connectivity index (χ3v) is 7.19. The van der Waals surface area contributed by atoms with Gasteiger partial charge >= 0.3 is 13.6 Å². The highest BCUT2D eigenvalue weighted by Gasteiger charge is 2.72. The number of ether oxygens (including phenoxy) is 2. The van der Waals surface area contributed by atoms with Crippen LogP contribution in [0.2, 0.25) is 0 Å². The van der Waals surface area contributed by atoms with E-state index in [2.05, 4.69) is 4.99 Å². The summed E-state index contributed by atoms with van der Waals surface area (Å²) in [6.45, 7) is 7.48. The van der Waals surface area contributed by atoms with E-state index in [1.54, 1.807) is 6.92 Å². The van der Waals surface area contributed by atoms with Gasteiger partial charge in [0.05, 0.1) is 7.11 Å². The van der Waals surface area contributed by atoms with Gasteiger partial charge in [0.1, 0.15) is 0 Å². The second-order valence-corrected chi connectivity index (χ2v) is 9.69. The molecule has 0 aromatic carbocycles. The van der Waals surface area contributed by atoms with E-state index in [0.29, 0.717) is 0 Å². The zero-order valence-electron chi connectivity index (χ0n) is 15.2. The maximum absolute atomic E-state index is 12.7. The van der Waals surface area contributed by atoms with Crippen LogP contribution in [-0.4, -0.2) is 55.3 Å². The molecule has 0 aromatic rings. The highest BCUT2D eigenvalue weighted by molar-refractivity contribution is 7.54. The maximum Gasteiger partial charge on any atom is 0.358 e. The molecule has 0 aromatic heterocycles. The lowest BCUT2D eigenvalue weighted by molar-refractivity contribution is -0.168. The summed E-state index contributed by atoms with van der Waals surface area (Å²) in [4.78, 5) is 17.1. The van der Waals surface area contributed by atoms with Crippen LogP contribution in [0.3, 0.4) is 0 Å². The van der Waals surface area contributed by atoms with E-state index < -0.39 is 41.9 Å². The van der Waals surface area contributed by atoms with Gasteiger partial charge in [-0.1, -0.05) is 20.8 Å². The fourth-order valence-electron chi connectivity index (χ4n) is 2.87. The Morgan fingerprint density at radius 3 is 2.29 bits per heavy atom. The van der Waals surface area contributed by atoms with E-state index in [0.717, 1.165) is 0 Å². The summed E-state index contributed by atoms with van der Waals surface area (Å²) in [5, 5.41) is 10.4. The van der Waals surface area contributed by atoms with Gasteiger partial charge in [-0.2, -0.15) is 0 Å². The molecule has 1 saturated carbocycles. The molecule has 9 heteroatoms. The van der Waals surface area contributed by atoms with Crippen LogP contribution < -0.4 is 0 Å². The number of cyclic esters (lactones) is 1. The van der Waals surface area contributed by atoms with Crippen LogP contribution in [0.1, 0.15) is 34.1 Å². The lowest BCUT2D eigenvalue weighted by atomic mass is 9.76. The third kappa shape index (κ3) is 2.60. The Labute approximate surface area is 142 Å². The molecule has 0 saturated heterocycles. The van der Waals surface area contributed by atoms with Crippen molar-refractivity contribution in [3.05, 3.63) is 0 Å². The van der Waals surface area contributed by atoms with Crippen molar-refractivity contribution in [1.82, 2.24) is 0 Å². The van der Waals surface area contributed by atoms with Crippen molar-refractivity contribution in [2.24, 2.45) is 16.3 Å². The summed E-state index contributed by atoms with van der Waals surface area (Å²) >= 11 is 0. The second-order valence-electron chi connectivity index (χ2n) is 7.35. The molecule has 1 spiro atoms. The molecule has 0 unspecified atom stereocenters. The molecule has 1 aliphatic carbocycles. The first-order valence-electron chi connectivity index (χ1n) is 7.69. The number of carbonyl (C=O) groups is 1. The molecular weight excluding hydrogens is 337 g/mol. The van der Waals surface area contributed by atoms with Crippen molar-refractivity contribution in [3.8, 4) is 0 Å². The number of esters is 1. The molecule has 1 heterocycles. The molecule has 138 valence electrons. The van der Waals surface area contributed by atoms with Crippen LogP contribution in [0.5, 0.6) is 0 Å². The SMILES string of the molecule is COC1=N[C@]2(C[C@H]2[C@@H](O)P(=O)(OC)OC)C(=O)O[C@@]1(C)C(C)(C)C. The standard InChI is InChI=1S/C15H26NO7P/c1-13(2,3)14(4)11(20-5)16-15(12(18)23-14)8-9(15)10(17)24(19,21-6)22-7/h9-10,17H,8H2,1-7H3/t9-,10-,14+,15-/m0/s1. The van der Waals surface area contributed by atoms with Crippen molar-refractivity contribution < 1.29 is 33.0 Å².